The highest BCUT2D eigenvalue weighted by molar-refractivity contribution is 7.89. The molecule has 0 aliphatic rings. The van der Waals surface area contributed by atoms with E-state index in [1.54, 1.807) is 6.92 Å². The first-order valence-corrected chi connectivity index (χ1v) is 10.6. The molecule has 30 heavy (non-hydrogen) atoms. The molecule has 162 valence electrons. The van der Waals surface area contributed by atoms with Crippen molar-refractivity contribution in [1.82, 2.24) is 10.6 Å². The van der Waals surface area contributed by atoms with Crippen molar-refractivity contribution in [3.8, 4) is 0 Å². The highest BCUT2D eigenvalue weighted by Crippen LogP contribution is 2.18. The lowest BCUT2D eigenvalue weighted by molar-refractivity contribution is -0.118. The molecule has 2 rings (SSSR count). The summed E-state index contributed by atoms with van der Waals surface area (Å²) in [5.41, 5.74) is 0.553. The van der Waals surface area contributed by atoms with E-state index in [1.165, 1.54) is 24.3 Å². The first-order chi connectivity index (χ1) is 14.1. The van der Waals surface area contributed by atoms with Crippen LogP contribution in [0.1, 0.15) is 25.3 Å². The van der Waals surface area contributed by atoms with Crippen molar-refractivity contribution < 1.29 is 26.8 Å². The minimum Gasteiger partial charge on any atom is -0.334 e. The van der Waals surface area contributed by atoms with Gasteiger partial charge in [-0.25, -0.2) is 27.1 Å². The van der Waals surface area contributed by atoms with Crippen molar-refractivity contribution in [3.63, 3.8) is 0 Å². The fourth-order valence-corrected chi connectivity index (χ4v) is 3.15. The molecular weight excluding hydrogens is 418 g/mol. The van der Waals surface area contributed by atoms with Crippen molar-refractivity contribution in [1.29, 1.82) is 0 Å². The van der Waals surface area contributed by atoms with Crippen LogP contribution in [0.5, 0.6) is 0 Å². The Hall–Kier alpha value is -3.05. The standard InChI is InChI=1S/C19H22F2N4O4S/c1-2-3-17(25-19(27)23-11-12-4-6-13(20)7-5-12)18(26)24-15-8-14(21)9-16(10-15)30(22,28)29/h4-10,17H,2-3,11H2,1H3,(H,24,26)(H2,22,28,29)(H2,23,25,27). The largest absolute Gasteiger partial charge is 0.334 e. The molecule has 1 unspecified atom stereocenters. The van der Waals surface area contributed by atoms with Crippen LogP contribution in [0.15, 0.2) is 47.4 Å². The molecule has 5 N–H and O–H groups in total. The van der Waals surface area contributed by atoms with Gasteiger partial charge in [0.15, 0.2) is 0 Å². The van der Waals surface area contributed by atoms with Gasteiger partial charge in [-0.05, 0) is 42.3 Å². The van der Waals surface area contributed by atoms with Crippen molar-refractivity contribution in [2.45, 2.75) is 37.2 Å². The molecule has 3 amide bonds. The van der Waals surface area contributed by atoms with Gasteiger partial charge in [0, 0.05) is 12.2 Å². The minimum atomic E-state index is -4.16. The number of carbonyl (C=O) groups is 2. The van der Waals surface area contributed by atoms with Crippen LogP contribution in [-0.4, -0.2) is 26.4 Å². The van der Waals surface area contributed by atoms with E-state index >= 15 is 0 Å². The van der Waals surface area contributed by atoms with E-state index in [-0.39, 0.29) is 18.7 Å². The van der Waals surface area contributed by atoms with Gasteiger partial charge in [-0.2, -0.15) is 0 Å². The van der Waals surface area contributed by atoms with E-state index in [0.717, 1.165) is 18.2 Å². The molecule has 0 spiro atoms. The lowest BCUT2D eigenvalue weighted by Crippen LogP contribution is -2.47. The Morgan fingerprint density at radius 1 is 1.07 bits per heavy atom. The Kier molecular flexibility index (Phi) is 7.84. The maximum atomic E-state index is 13.7. The zero-order valence-corrected chi connectivity index (χ0v) is 16.9. The van der Waals surface area contributed by atoms with E-state index in [1.807, 2.05) is 0 Å². The molecule has 0 heterocycles. The van der Waals surface area contributed by atoms with Crippen LogP contribution < -0.4 is 21.1 Å². The van der Waals surface area contributed by atoms with Crippen molar-refractivity contribution in [2.24, 2.45) is 5.14 Å². The molecule has 0 aromatic heterocycles. The molecule has 0 radical (unpaired) electrons. The van der Waals surface area contributed by atoms with E-state index in [0.29, 0.717) is 12.0 Å². The third kappa shape index (κ3) is 7.08. The number of anilines is 1. The summed E-state index contributed by atoms with van der Waals surface area (Å²) in [4.78, 5) is 24.2. The van der Waals surface area contributed by atoms with Crippen LogP contribution in [-0.2, 0) is 21.4 Å². The second kappa shape index (κ2) is 10.1. The van der Waals surface area contributed by atoms with Crippen molar-refractivity contribution in [3.05, 3.63) is 59.7 Å². The number of nitrogens with two attached hydrogens (primary N) is 1. The number of amides is 3. The van der Waals surface area contributed by atoms with Crippen LogP contribution in [0.25, 0.3) is 0 Å². The van der Waals surface area contributed by atoms with E-state index in [2.05, 4.69) is 16.0 Å². The average molecular weight is 440 g/mol. The van der Waals surface area contributed by atoms with E-state index in [4.69, 9.17) is 5.14 Å². The lowest BCUT2D eigenvalue weighted by atomic mass is 10.1. The summed E-state index contributed by atoms with van der Waals surface area (Å²) in [5.74, 6) is -1.94. The number of sulfonamides is 1. The maximum Gasteiger partial charge on any atom is 0.315 e. The third-order valence-corrected chi connectivity index (χ3v) is 4.93. The van der Waals surface area contributed by atoms with Gasteiger partial charge in [0.05, 0.1) is 4.90 Å². The van der Waals surface area contributed by atoms with Gasteiger partial charge in [0.25, 0.3) is 0 Å². The highest BCUT2D eigenvalue weighted by Gasteiger charge is 2.21. The topological polar surface area (TPSA) is 130 Å². The second-order valence-electron chi connectivity index (χ2n) is 6.50. The lowest BCUT2D eigenvalue weighted by Gasteiger charge is -2.18. The molecule has 0 fully saturated rings. The van der Waals surface area contributed by atoms with Gasteiger partial charge in [-0.1, -0.05) is 25.5 Å². The van der Waals surface area contributed by atoms with Gasteiger partial charge >= 0.3 is 6.03 Å². The quantitative estimate of drug-likeness (QED) is 0.501. The molecule has 8 nitrogen and oxygen atoms in total. The normalized spacial score (nSPS) is 12.1. The summed E-state index contributed by atoms with van der Waals surface area (Å²) < 4.78 is 49.4. The predicted molar refractivity (Wildman–Crippen MR) is 107 cm³/mol. The molecule has 11 heteroatoms. The molecule has 0 saturated heterocycles. The van der Waals surface area contributed by atoms with E-state index in [9.17, 15) is 26.8 Å². The number of halogens is 2. The van der Waals surface area contributed by atoms with Gasteiger partial charge in [0.1, 0.15) is 17.7 Å². The van der Waals surface area contributed by atoms with Gasteiger partial charge in [-0.15, -0.1) is 0 Å². The summed E-state index contributed by atoms with van der Waals surface area (Å²) in [6, 6.07) is 6.65. The third-order valence-electron chi connectivity index (χ3n) is 4.03. The number of benzene rings is 2. The molecule has 2 aromatic rings. The fourth-order valence-electron chi connectivity index (χ4n) is 2.58. The number of nitrogens with one attached hydrogen (secondary N) is 3. The average Bonchev–Trinajstić information content (AvgIpc) is 2.66. The molecule has 0 aliphatic carbocycles. The summed E-state index contributed by atoms with van der Waals surface area (Å²) >= 11 is 0. The van der Waals surface area contributed by atoms with Gasteiger partial charge < -0.3 is 16.0 Å². The Balaban J connectivity index is 2.02. The Bertz CT molecular complexity index is 1010. The van der Waals surface area contributed by atoms with Crippen LogP contribution >= 0.6 is 0 Å². The maximum absolute atomic E-state index is 13.7. The van der Waals surface area contributed by atoms with Crippen LogP contribution in [0.3, 0.4) is 0 Å². The summed E-state index contributed by atoms with van der Waals surface area (Å²) in [7, 11) is -4.16. The van der Waals surface area contributed by atoms with E-state index < -0.39 is 44.5 Å². The Morgan fingerprint density at radius 3 is 2.33 bits per heavy atom. The zero-order chi connectivity index (χ0) is 22.3. The van der Waals surface area contributed by atoms with Crippen molar-refractivity contribution in [2.75, 3.05) is 5.32 Å². The highest BCUT2D eigenvalue weighted by atomic mass is 32.2. The first-order valence-electron chi connectivity index (χ1n) is 9.01. The number of carbonyl (C=O) groups excluding carboxylic acids is 2. The number of rotatable bonds is 8. The minimum absolute atomic E-state index is 0.112. The van der Waals surface area contributed by atoms with Crippen LogP contribution in [0.4, 0.5) is 19.3 Å². The summed E-state index contributed by atoms with van der Waals surface area (Å²) in [6.07, 6.45) is 0.842. The Labute approximate surface area is 172 Å². The summed E-state index contributed by atoms with van der Waals surface area (Å²) in [6.45, 7) is 1.92. The number of hydrogen-bond donors (Lipinski definition) is 4. The SMILES string of the molecule is CCCC(NC(=O)NCc1ccc(F)cc1)C(=O)Nc1cc(F)cc(S(N)(=O)=O)c1. The Morgan fingerprint density at radius 2 is 1.73 bits per heavy atom. The number of hydrogen-bond acceptors (Lipinski definition) is 4. The fraction of sp³-hybridized carbons (Fsp3) is 0.263. The molecule has 1 atom stereocenters. The first kappa shape index (κ1) is 23.2. The smallest absolute Gasteiger partial charge is 0.315 e. The van der Waals surface area contributed by atoms with Gasteiger partial charge in [-0.3, -0.25) is 4.79 Å². The molecule has 2 aromatic carbocycles. The van der Waals surface area contributed by atoms with Crippen LogP contribution in [0.2, 0.25) is 0 Å². The molecule has 0 aliphatic heterocycles. The number of urea groups is 1. The zero-order valence-electron chi connectivity index (χ0n) is 16.1. The van der Waals surface area contributed by atoms with Gasteiger partial charge in [0.2, 0.25) is 15.9 Å². The molecular formula is C19H22F2N4O4S. The number of primary sulfonamides is 1. The monoisotopic (exact) mass is 440 g/mol. The molecule has 0 bridgehead atoms. The second-order valence-corrected chi connectivity index (χ2v) is 8.07. The van der Waals surface area contributed by atoms with Crippen molar-refractivity contribution >= 4 is 27.6 Å². The molecule has 0 saturated carbocycles. The summed E-state index contributed by atoms with van der Waals surface area (Å²) in [5, 5.41) is 12.4. The van der Waals surface area contributed by atoms with Crippen LogP contribution in [0, 0.1) is 11.6 Å². The predicted octanol–water partition coefficient (Wildman–Crippen LogP) is 2.22.